The highest BCUT2D eigenvalue weighted by atomic mass is 32.2. The molecule has 0 aromatic rings. The van der Waals surface area contributed by atoms with Crippen molar-refractivity contribution in [3.8, 4) is 6.07 Å². The van der Waals surface area contributed by atoms with E-state index >= 15 is 0 Å². The first kappa shape index (κ1) is 18.4. The second-order valence-electron chi connectivity index (χ2n) is 5.10. The number of Topliss-reactive ketones (excluding diaryl/α,β-unsaturated/α-hetero) is 1. The summed E-state index contributed by atoms with van der Waals surface area (Å²) >= 11 is 3.82. The number of nitrogens with zero attached hydrogens (tertiary/aromatic N) is 1. The molecule has 0 aromatic carbocycles. The largest absolute Gasteiger partial charge is 0.469 e. The van der Waals surface area contributed by atoms with Gasteiger partial charge < -0.3 is 4.74 Å². The summed E-state index contributed by atoms with van der Waals surface area (Å²) in [6, 6.07) is 1.91. The summed E-state index contributed by atoms with van der Waals surface area (Å²) in [6.45, 7) is 0. The highest BCUT2D eigenvalue weighted by molar-refractivity contribution is 7.99. The van der Waals surface area contributed by atoms with Crippen LogP contribution in [0.25, 0.3) is 0 Å². The standard InChI is InChI=1S/C8H11NOS.C7H12O2S/c9-4-1-8(10)7-2-5-11-6-3-7;1-9-7(8)6-2-4-10-5-3-6/h7H,1-3,5-6H2;6H,2-5H2,1H3. The van der Waals surface area contributed by atoms with E-state index in [1.165, 1.54) is 7.11 Å². The van der Waals surface area contributed by atoms with Crippen LogP contribution in [0.2, 0.25) is 0 Å². The van der Waals surface area contributed by atoms with Crippen molar-refractivity contribution in [1.82, 2.24) is 0 Å². The number of carbonyl (C=O) groups excluding carboxylic acids is 2. The van der Waals surface area contributed by atoms with Gasteiger partial charge in [0.05, 0.1) is 25.5 Å². The minimum absolute atomic E-state index is 0.0275. The summed E-state index contributed by atoms with van der Waals surface area (Å²) < 4.78 is 4.64. The van der Waals surface area contributed by atoms with Crippen LogP contribution in [0, 0.1) is 23.2 Å². The summed E-state index contributed by atoms with van der Waals surface area (Å²) in [7, 11) is 1.46. The molecule has 6 heteroatoms. The molecular formula is C15H23NO3S2. The Kier molecular flexibility index (Phi) is 9.60. The molecule has 2 fully saturated rings. The molecule has 0 unspecified atom stereocenters. The Balaban J connectivity index is 0.000000211. The number of rotatable bonds is 3. The molecule has 2 heterocycles. The molecule has 0 atom stereocenters. The van der Waals surface area contributed by atoms with Crippen LogP contribution in [-0.4, -0.2) is 41.9 Å². The lowest BCUT2D eigenvalue weighted by molar-refractivity contribution is -0.145. The molecule has 0 amide bonds. The Morgan fingerprint density at radius 2 is 1.52 bits per heavy atom. The second kappa shape index (κ2) is 11.0. The summed E-state index contributed by atoms with van der Waals surface area (Å²) in [5, 5.41) is 8.29. The zero-order valence-corrected chi connectivity index (χ0v) is 14.1. The molecule has 0 saturated carbocycles. The average Bonchev–Trinajstić information content (AvgIpc) is 2.56. The van der Waals surface area contributed by atoms with Gasteiger partial charge in [-0.25, -0.2) is 0 Å². The van der Waals surface area contributed by atoms with E-state index in [1.807, 2.05) is 29.6 Å². The number of hydrogen-bond donors (Lipinski definition) is 0. The Hall–Kier alpha value is -0.670. The minimum atomic E-state index is -0.0275. The van der Waals surface area contributed by atoms with Gasteiger partial charge >= 0.3 is 5.97 Å². The molecule has 0 N–H and O–H groups in total. The van der Waals surface area contributed by atoms with Gasteiger partial charge in [0.1, 0.15) is 5.78 Å². The predicted octanol–water partition coefficient (Wildman–Crippen LogP) is 2.91. The molecule has 2 aliphatic heterocycles. The fourth-order valence-electron chi connectivity index (χ4n) is 2.34. The fourth-order valence-corrected chi connectivity index (χ4v) is 4.55. The number of esters is 1. The number of thioether (sulfide) groups is 2. The third-order valence-corrected chi connectivity index (χ3v) is 5.78. The zero-order valence-electron chi connectivity index (χ0n) is 12.5. The number of methoxy groups -OCH3 is 1. The van der Waals surface area contributed by atoms with E-state index in [0.717, 1.165) is 48.7 Å². The summed E-state index contributed by atoms with van der Waals surface area (Å²) in [4.78, 5) is 22.1. The Morgan fingerprint density at radius 3 is 1.95 bits per heavy atom. The van der Waals surface area contributed by atoms with Crippen molar-refractivity contribution in [2.24, 2.45) is 11.8 Å². The van der Waals surface area contributed by atoms with Gasteiger partial charge in [-0.2, -0.15) is 28.8 Å². The third-order valence-electron chi connectivity index (χ3n) is 3.69. The van der Waals surface area contributed by atoms with E-state index in [1.54, 1.807) is 0 Å². The average molecular weight is 329 g/mol. The lowest BCUT2D eigenvalue weighted by Gasteiger charge is -2.18. The van der Waals surface area contributed by atoms with Crippen molar-refractivity contribution in [3.63, 3.8) is 0 Å². The van der Waals surface area contributed by atoms with E-state index < -0.39 is 0 Å². The summed E-state index contributed by atoms with van der Waals surface area (Å²) in [5.74, 6) is 4.89. The van der Waals surface area contributed by atoms with Gasteiger partial charge in [-0.3, -0.25) is 9.59 Å². The van der Waals surface area contributed by atoms with E-state index in [-0.39, 0.29) is 30.0 Å². The third kappa shape index (κ3) is 7.23. The molecular weight excluding hydrogens is 306 g/mol. The van der Waals surface area contributed by atoms with Crippen LogP contribution in [0.3, 0.4) is 0 Å². The van der Waals surface area contributed by atoms with Crippen molar-refractivity contribution in [3.05, 3.63) is 0 Å². The Bertz CT molecular complexity index is 370. The van der Waals surface area contributed by atoms with Crippen LogP contribution in [0.4, 0.5) is 0 Å². The van der Waals surface area contributed by atoms with E-state index in [9.17, 15) is 9.59 Å². The highest BCUT2D eigenvalue weighted by Gasteiger charge is 2.21. The molecule has 2 aliphatic rings. The summed E-state index contributed by atoms with van der Waals surface area (Å²) in [6.07, 6.45) is 4.06. The van der Waals surface area contributed by atoms with Crippen LogP contribution < -0.4 is 0 Å². The molecule has 2 rings (SSSR count). The van der Waals surface area contributed by atoms with Crippen LogP contribution in [0.5, 0.6) is 0 Å². The fraction of sp³-hybridized carbons (Fsp3) is 0.800. The van der Waals surface area contributed by atoms with Gasteiger partial charge in [0, 0.05) is 5.92 Å². The lowest BCUT2D eigenvalue weighted by Crippen LogP contribution is -2.20. The molecule has 118 valence electrons. The maximum absolute atomic E-state index is 11.2. The van der Waals surface area contributed by atoms with Crippen molar-refractivity contribution >= 4 is 35.3 Å². The monoisotopic (exact) mass is 329 g/mol. The van der Waals surface area contributed by atoms with Crippen molar-refractivity contribution in [2.75, 3.05) is 30.1 Å². The van der Waals surface area contributed by atoms with Gasteiger partial charge in [-0.15, -0.1) is 0 Å². The van der Waals surface area contributed by atoms with Gasteiger partial charge in [0.15, 0.2) is 0 Å². The molecule has 0 bridgehead atoms. The molecule has 4 nitrogen and oxygen atoms in total. The maximum Gasteiger partial charge on any atom is 0.308 e. The SMILES string of the molecule is COC(=O)C1CCSCC1.N#CCC(=O)C1CCSCC1. The number of nitriles is 1. The van der Waals surface area contributed by atoms with E-state index in [0.29, 0.717) is 0 Å². The van der Waals surface area contributed by atoms with Gasteiger partial charge in [0.25, 0.3) is 0 Å². The first-order valence-corrected chi connectivity index (χ1v) is 9.63. The van der Waals surface area contributed by atoms with Crippen molar-refractivity contribution in [1.29, 1.82) is 5.26 Å². The molecule has 0 radical (unpaired) electrons. The zero-order chi connectivity index (χ0) is 15.5. The minimum Gasteiger partial charge on any atom is -0.469 e. The first-order chi connectivity index (χ1) is 10.2. The molecule has 0 aromatic heterocycles. The normalized spacial score (nSPS) is 19.8. The highest BCUT2D eigenvalue weighted by Crippen LogP contribution is 2.24. The Labute approximate surface area is 135 Å². The van der Waals surface area contributed by atoms with Crippen LogP contribution in [-0.2, 0) is 14.3 Å². The maximum atomic E-state index is 11.2. The van der Waals surface area contributed by atoms with Gasteiger partial charge in [-0.1, -0.05) is 0 Å². The molecule has 0 aliphatic carbocycles. The lowest BCUT2D eigenvalue weighted by atomic mass is 9.96. The van der Waals surface area contributed by atoms with E-state index in [2.05, 4.69) is 4.74 Å². The summed E-state index contributed by atoms with van der Waals surface area (Å²) in [5.41, 5.74) is 0. The molecule has 0 spiro atoms. The van der Waals surface area contributed by atoms with Crippen LogP contribution in [0.15, 0.2) is 0 Å². The van der Waals surface area contributed by atoms with Crippen molar-refractivity contribution < 1.29 is 14.3 Å². The molecule has 21 heavy (non-hydrogen) atoms. The number of ether oxygens (including phenoxy) is 1. The van der Waals surface area contributed by atoms with Gasteiger partial charge in [0.2, 0.25) is 0 Å². The smallest absolute Gasteiger partial charge is 0.308 e. The predicted molar refractivity (Wildman–Crippen MR) is 87.4 cm³/mol. The van der Waals surface area contributed by atoms with Crippen molar-refractivity contribution in [2.45, 2.75) is 32.1 Å². The Morgan fingerprint density at radius 1 is 1.05 bits per heavy atom. The number of ketones is 1. The topological polar surface area (TPSA) is 67.2 Å². The quantitative estimate of drug-likeness (QED) is 0.742. The number of carbonyl (C=O) groups is 2. The number of hydrogen-bond acceptors (Lipinski definition) is 6. The van der Waals surface area contributed by atoms with Crippen LogP contribution >= 0.6 is 23.5 Å². The van der Waals surface area contributed by atoms with E-state index in [4.69, 9.17) is 5.26 Å². The second-order valence-corrected chi connectivity index (χ2v) is 7.55. The first-order valence-electron chi connectivity index (χ1n) is 7.32. The van der Waals surface area contributed by atoms with Gasteiger partial charge in [-0.05, 0) is 48.7 Å². The van der Waals surface area contributed by atoms with Crippen LogP contribution in [0.1, 0.15) is 32.1 Å². The molecule has 2 saturated heterocycles.